The molecule has 0 aliphatic heterocycles. The fraction of sp³-hybridized carbons (Fsp3) is 0.0455. The fourth-order valence-electron chi connectivity index (χ4n) is 3.02. The van der Waals surface area contributed by atoms with Crippen molar-refractivity contribution in [3.63, 3.8) is 0 Å². The second kappa shape index (κ2) is 9.23. The summed E-state index contributed by atoms with van der Waals surface area (Å²) in [4.78, 5) is 36.2. The molecule has 0 atom stereocenters. The molecular weight excluding hydrogens is 430 g/mol. The van der Waals surface area contributed by atoms with Gasteiger partial charge in [0.2, 0.25) is 0 Å². The number of rotatable bonds is 6. The van der Waals surface area contributed by atoms with Crippen molar-refractivity contribution in [1.29, 1.82) is 0 Å². The van der Waals surface area contributed by atoms with Crippen molar-refractivity contribution in [2.24, 2.45) is 0 Å². The van der Waals surface area contributed by atoms with Crippen LogP contribution in [0.3, 0.4) is 0 Å². The van der Waals surface area contributed by atoms with E-state index in [-0.39, 0.29) is 11.3 Å². The van der Waals surface area contributed by atoms with Crippen molar-refractivity contribution < 1.29 is 14.5 Å². The third-order valence-electron chi connectivity index (χ3n) is 4.58. The number of benzene rings is 2. The van der Waals surface area contributed by atoms with E-state index in [4.69, 9.17) is 0 Å². The molecule has 0 bridgehead atoms. The lowest BCUT2D eigenvalue weighted by molar-refractivity contribution is -0.384. The summed E-state index contributed by atoms with van der Waals surface area (Å²) in [5.41, 5.74) is 6.63. The summed E-state index contributed by atoms with van der Waals surface area (Å²) in [7, 11) is 0. The first-order valence-electron chi connectivity index (χ1n) is 9.51. The molecule has 160 valence electrons. The van der Waals surface area contributed by atoms with Gasteiger partial charge >= 0.3 is 0 Å². The molecule has 2 heterocycles. The van der Waals surface area contributed by atoms with E-state index in [9.17, 15) is 19.7 Å². The number of aromatic nitrogens is 2. The Morgan fingerprint density at radius 1 is 0.969 bits per heavy atom. The van der Waals surface area contributed by atoms with Gasteiger partial charge in [-0.1, -0.05) is 36.4 Å². The van der Waals surface area contributed by atoms with Gasteiger partial charge in [-0.05, 0) is 29.1 Å². The van der Waals surface area contributed by atoms with Gasteiger partial charge in [-0.25, -0.2) is 0 Å². The van der Waals surface area contributed by atoms with Crippen molar-refractivity contribution in [2.75, 3.05) is 0 Å². The zero-order valence-corrected chi connectivity index (χ0v) is 17.4. The van der Waals surface area contributed by atoms with E-state index in [0.717, 1.165) is 10.4 Å². The van der Waals surface area contributed by atoms with Crippen LogP contribution in [0.4, 0.5) is 5.69 Å². The number of thiophene rings is 1. The molecule has 0 fully saturated rings. The molecule has 9 nitrogen and oxygen atoms in total. The summed E-state index contributed by atoms with van der Waals surface area (Å²) in [6.45, 7) is 0.488. The van der Waals surface area contributed by atoms with Gasteiger partial charge in [0.1, 0.15) is 5.69 Å². The van der Waals surface area contributed by atoms with E-state index in [1.807, 2.05) is 47.8 Å². The number of nitro groups is 1. The molecule has 2 aromatic carbocycles. The van der Waals surface area contributed by atoms with Gasteiger partial charge in [-0.2, -0.15) is 5.10 Å². The highest BCUT2D eigenvalue weighted by molar-refractivity contribution is 7.13. The van der Waals surface area contributed by atoms with Gasteiger partial charge in [0, 0.05) is 23.9 Å². The first-order chi connectivity index (χ1) is 15.5. The number of hydrogen-bond donors (Lipinski definition) is 2. The summed E-state index contributed by atoms with van der Waals surface area (Å²) in [6, 6.07) is 18.5. The lowest BCUT2D eigenvalue weighted by Gasteiger charge is -2.07. The number of nitrogens with one attached hydrogen (secondary N) is 2. The predicted molar refractivity (Wildman–Crippen MR) is 119 cm³/mol. The molecular formula is C22H17N5O4S. The maximum Gasteiger partial charge on any atom is 0.273 e. The minimum absolute atomic E-state index is 0.128. The maximum atomic E-state index is 12.8. The van der Waals surface area contributed by atoms with E-state index < -0.39 is 16.7 Å². The second-order valence-electron chi connectivity index (χ2n) is 6.76. The van der Waals surface area contributed by atoms with E-state index in [0.29, 0.717) is 17.8 Å². The van der Waals surface area contributed by atoms with Crippen molar-refractivity contribution in [2.45, 2.75) is 6.54 Å². The normalized spacial score (nSPS) is 10.5. The molecule has 0 aliphatic rings. The molecule has 10 heteroatoms. The zero-order chi connectivity index (χ0) is 22.5. The largest absolute Gasteiger partial charge is 0.273 e. The Morgan fingerprint density at radius 2 is 1.69 bits per heavy atom. The van der Waals surface area contributed by atoms with Gasteiger partial charge in [-0.15, -0.1) is 11.3 Å². The Balaban J connectivity index is 1.50. The average molecular weight is 447 g/mol. The topological polar surface area (TPSA) is 119 Å². The minimum atomic E-state index is -0.595. The van der Waals surface area contributed by atoms with E-state index in [1.54, 1.807) is 10.9 Å². The number of non-ortho nitro benzene ring substituents is 1. The monoisotopic (exact) mass is 447 g/mol. The number of hydrogen-bond acceptors (Lipinski definition) is 6. The molecule has 2 amide bonds. The lowest BCUT2D eigenvalue weighted by atomic mass is 10.2. The SMILES string of the molecule is O=C(NNC(=O)c1cn(Cc2ccccc2)nc1-c1cccs1)c1ccc([N+](=O)[O-])cc1. The molecule has 2 N–H and O–H groups in total. The van der Waals surface area contributed by atoms with Crippen LogP contribution in [0, 0.1) is 10.1 Å². The van der Waals surface area contributed by atoms with Gasteiger partial charge in [0.25, 0.3) is 17.5 Å². The Kier molecular flexibility index (Phi) is 6.04. The minimum Gasteiger partial charge on any atom is -0.267 e. The van der Waals surface area contributed by atoms with E-state index in [1.165, 1.54) is 35.6 Å². The van der Waals surface area contributed by atoms with Crippen LogP contribution >= 0.6 is 11.3 Å². The van der Waals surface area contributed by atoms with Crippen molar-refractivity contribution >= 4 is 28.8 Å². The summed E-state index contributed by atoms with van der Waals surface area (Å²) >= 11 is 1.45. The Morgan fingerprint density at radius 3 is 2.34 bits per heavy atom. The van der Waals surface area contributed by atoms with Crippen LogP contribution in [0.15, 0.2) is 78.3 Å². The van der Waals surface area contributed by atoms with Crippen LogP contribution in [-0.4, -0.2) is 26.5 Å². The number of nitro benzene ring substituents is 1. The Bertz CT molecular complexity index is 1250. The molecule has 4 aromatic rings. The maximum absolute atomic E-state index is 12.8. The van der Waals surface area contributed by atoms with Crippen molar-refractivity contribution in [3.8, 4) is 10.6 Å². The molecule has 2 aromatic heterocycles. The molecule has 0 saturated heterocycles. The summed E-state index contributed by atoms with van der Waals surface area (Å²) in [6.07, 6.45) is 1.63. The highest BCUT2D eigenvalue weighted by Crippen LogP contribution is 2.27. The van der Waals surface area contributed by atoms with Crippen LogP contribution < -0.4 is 10.9 Å². The Labute approximate surface area is 186 Å². The smallest absolute Gasteiger partial charge is 0.267 e. The summed E-state index contributed by atoms with van der Waals surface area (Å²) in [5.74, 6) is -1.12. The standard InChI is InChI=1S/C22H17N5O4S/c28-21(16-8-10-17(11-9-16)27(30)31)23-24-22(29)18-14-26(13-15-5-2-1-3-6-15)25-20(18)19-7-4-12-32-19/h1-12,14H,13H2,(H,23,28)(H,24,29). The number of nitrogens with zero attached hydrogens (tertiary/aromatic N) is 3. The molecule has 0 radical (unpaired) electrons. The average Bonchev–Trinajstić information content (AvgIpc) is 3.48. The van der Waals surface area contributed by atoms with Crippen LogP contribution in [0.2, 0.25) is 0 Å². The summed E-state index contributed by atoms with van der Waals surface area (Å²) < 4.78 is 1.68. The van der Waals surface area contributed by atoms with Crippen LogP contribution in [0.25, 0.3) is 10.6 Å². The second-order valence-corrected chi connectivity index (χ2v) is 7.71. The molecule has 0 saturated carbocycles. The van der Waals surface area contributed by atoms with E-state index in [2.05, 4.69) is 16.0 Å². The van der Waals surface area contributed by atoms with Gasteiger partial charge < -0.3 is 0 Å². The molecule has 0 spiro atoms. The van der Waals surface area contributed by atoms with Gasteiger partial charge in [0.05, 0.1) is 21.9 Å². The van der Waals surface area contributed by atoms with Crippen LogP contribution in [-0.2, 0) is 6.54 Å². The van der Waals surface area contributed by atoms with Gasteiger partial charge in [0.15, 0.2) is 0 Å². The highest BCUT2D eigenvalue weighted by atomic mass is 32.1. The number of carbonyl (C=O) groups excluding carboxylic acids is 2. The highest BCUT2D eigenvalue weighted by Gasteiger charge is 2.20. The number of carbonyl (C=O) groups is 2. The van der Waals surface area contributed by atoms with Crippen LogP contribution in [0.1, 0.15) is 26.3 Å². The molecule has 0 aliphatic carbocycles. The third kappa shape index (κ3) is 4.71. The first kappa shape index (κ1) is 20.9. The summed E-state index contributed by atoms with van der Waals surface area (Å²) in [5, 5.41) is 17.2. The number of amides is 2. The lowest BCUT2D eigenvalue weighted by Crippen LogP contribution is -2.41. The van der Waals surface area contributed by atoms with Crippen molar-refractivity contribution in [1.82, 2.24) is 20.6 Å². The Hall–Kier alpha value is -4.31. The van der Waals surface area contributed by atoms with Crippen LogP contribution in [0.5, 0.6) is 0 Å². The van der Waals surface area contributed by atoms with Gasteiger partial charge in [-0.3, -0.25) is 35.2 Å². The molecule has 0 unspecified atom stereocenters. The third-order valence-corrected chi connectivity index (χ3v) is 5.45. The van der Waals surface area contributed by atoms with E-state index >= 15 is 0 Å². The van der Waals surface area contributed by atoms with Crippen molar-refractivity contribution in [3.05, 3.63) is 105 Å². The zero-order valence-electron chi connectivity index (χ0n) is 16.6. The fourth-order valence-corrected chi connectivity index (χ4v) is 3.75. The molecule has 4 rings (SSSR count). The first-order valence-corrected chi connectivity index (χ1v) is 10.4. The number of hydrazine groups is 1. The molecule has 32 heavy (non-hydrogen) atoms. The predicted octanol–water partition coefficient (Wildman–Crippen LogP) is 3.64. The quantitative estimate of drug-likeness (QED) is 0.345.